The molecule has 35 heavy (non-hydrogen) atoms. The van der Waals surface area contributed by atoms with Crippen molar-refractivity contribution in [2.75, 3.05) is 20.2 Å². The molecular weight excluding hydrogens is 444 g/mol. The lowest BCUT2D eigenvalue weighted by Gasteiger charge is -2.32. The summed E-state index contributed by atoms with van der Waals surface area (Å²) in [6, 6.07) is 11.0. The molecule has 4 aromatic rings. The fourth-order valence-corrected chi connectivity index (χ4v) is 4.26. The molecular formula is C26H26N6O3. The van der Waals surface area contributed by atoms with Gasteiger partial charge in [0, 0.05) is 56.4 Å². The van der Waals surface area contributed by atoms with Crippen molar-refractivity contribution in [3.63, 3.8) is 0 Å². The number of hydrogen-bond donors (Lipinski definition) is 0. The molecule has 1 saturated heterocycles. The molecule has 1 aliphatic rings. The zero-order chi connectivity index (χ0) is 24.2. The monoisotopic (exact) mass is 470 g/mol. The van der Waals surface area contributed by atoms with Crippen LogP contribution in [0.4, 0.5) is 0 Å². The first-order valence-electron chi connectivity index (χ1n) is 11.5. The van der Waals surface area contributed by atoms with E-state index in [1.807, 2.05) is 54.5 Å². The summed E-state index contributed by atoms with van der Waals surface area (Å²) in [5, 5.41) is 4.18. The minimum atomic E-state index is -0.0403. The maximum Gasteiger partial charge on any atom is 0.255 e. The number of pyridine rings is 1. The van der Waals surface area contributed by atoms with Crippen LogP contribution in [0.15, 0.2) is 67.4 Å². The maximum absolute atomic E-state index is 13.3. The van der Waals surface area contributed by atoms with Gasteiger partial charge in [-0.1, -0.05) is 0 Å². The van der Waals surface area contributed by atoms with E-state index < -0.39 is 0 Å². The van der Waals surface area contributed by atoms with E-state index in [1.165, 1.54) is 0 Å². The number of amides is 1. The molecule has 0 saturated carbocycles. The number of likely N-dealkylation sites (tertiary alicyclic amines) is 1. The van der Waals surface area contributed by atoms with Crippen LogP contribution in [0.2, 0.25) is 0 Å². The third-order valence-corrected chi connectivity index (χ3v) is 6.07. The molecule has 3 aromatic heterocycles. The first kappa shape index (κ1) is 22.5. The highest BCUT2D eigenvalue weighted by atomic mass is 16.5. The van der Waals surface area contributed by atoms with Crippen LogP contribution in [0, 0.1) is 0 Å². The van der Waals surface area contributed by atoms with Crippen LogP contribution in [0.3, 0.4) is 0 Å². The Labute approximate surface area is 203 Å². The van der Waals surface area contributed by atoms with Gasteiger partial charge in [-0.3, -0.25) is 19.4 Å². The Kier molecular flexibility index (Phi) is 6.38. The van der Waals surface area contributed by atoms with Gasteiger partial charge in [-0.05, 0) is 49.2 Å². The van der Waals surface area contributed by atoms with Crippen LogP contribution in [0.5, 0.6) is 17.4 Å². The topological polar surface area (TPSA) is 95.3 Å². The van der Waals surface area contributed by atoms with Crippen molar-refractivity contribution in [1.29, 1.82) is 0 Å². The molecule has 1 aromatic carbocycles. The first-order valence-corrected chi connectivity index (χ1v) is 11.5. The molecule has 5 rings (SSSR count). The number of hydrogen-bond acceptors (Lipinski definition) is 7. The van der Waals surface area contributed by atoms with Crippen molar-refractivity contribution in [1.82, 2.24) is 29.6 Å². The van der Waals surface area contributed by atoms with E-state index >= 15 is 0 Å². The van der Waals surface area contributed by atoms with Crippen LogP contribution in [-0.4, -0.2) is 55.7 Å². The van der Waals surface area contributed by atoms with Gasteiger partial charge in [0.25, 0.3) is 5.91 Å². The van der Waals surface area contributed by atoms with Crippen molar-refractivity contribution in [3.05, 3.63) is 78.6 Å². The van der Waals surface area contributed by atoms with E-state index in [9.17, 15) is 4.79 Å². The number of nitrogens with zero attached hydrogens (tertiary/aromatic N) is 6. The molecule has 1 aliphatic heterocycles. The number of methoxy groups -OCH3 is 1. The van der Waals surface area contributed by atoms with Gasteiger partial charge in [0.1, 0.15) is 17.2 Å². The molecule has 0 spiro atoms. The second kappa shape index (κ2) is 9.92. The highest BCUT2D eigenvalue weighted by Crippen LogP contribution is 2.33. The third kappa shape index (κ3) is 4.98. The molecule has 0 aliphatic carbocycles. The van der Waals surface area contributed by atoms with E-state index in [0.29, 0.717) is 30.3 Å². The van der Waals surface area contributed by atoms with Crippen molar-refractivity contribution >= 4 is 5.91 Å². The van der Waals surface area contributed by atoms with E-state index in [1.54, 1.807) is 36.6 Å². The minimum absolute atomic E-state index is 0.0253. The van der Waals surface area contributed by atoms with Gasteiger partial charge in [-0.15, -0.1) is 0 Å². The summed E-state index contributed by atoms with van der Waals surface area (Å²) in [4.78, 5) is 28.6. The van der Waals surface area contributed by atoms with Crippen LogP contribution in [0.25, 0.3) is 11.3 Å². The van der Waals surface area contributed by atoms with E-state index in [2.05, 4.69) is 20.1 Å². The molecule has 9 heteroatoms. The van der Waals surface area contributed by atoms with Gasteiger partial charge in [0.15, 0.2) is 0 Å². The SMILES string of the molecule is COc1ccc(Oc2nccnc2C2CCCN(C(=O)c3ccc(-c4cnn(C)c4)nc3)C2)cc1. The number of benzene rings is 1. The number of rotatable bonds is 6. The second-order valence-corrected chi connectivity index (χ2v) is 8.45. The normalized spacial score (nSPS) is 15.6. The second-order valence-electron chi connectivity index (χ2n) is 8.45. The number of aromatic nitrogens is 5. The van der Waals surface area contributed by atoms with Crippen LogP contribution in [-0.2, 0) is 7.05 Å². The van der Waals surface area contributed by atoms with Crippen molar-refractivity contribution in [2.24, 2.45) is 7.05 Å². The van der Waals surface area contributed by atoms with Gasteiger partial charge >= 0.3 is 0 Å². The van der Waals surface area contributed by atoms with Gasteiger partial charge in [0.2, 0.25) is 5.88 Å². The fourth-order valence-electron chi connectivity index (χ4n) is 4.26. The zero-order valence-electron chi connectivity index (χ0n) is 19.7. The van der Waals surface area contributed by atoms with Crippen LogP contribution >= 0.6 is 0 Å². The average Bonchev–Trinajstić information content (AvgIpc) is 3.35. The highest BCUT2D eigenvalue weighted by molar-refractivity contribution is 5.94. The van der Waals surface area contributed by atoms with Crippen LogP contribution in [0.1, 0.15) is 34.8 Å². The Morgan fingerprint density at radius 3 is 2.51 bits per heavy atom. The smallest absolute Gasteiger partial charge is 0.255 e. The zero-order valence-corrected chi connectivity index (χ0v) is 19.7. The molecule has 0 bridgehead atoms. The lowest BCUT2D eigenvalue weighted by atomic mass is 9.94. The fraction of sp³-hybridized carbons (Fsp3) is 0.269. The van der Waals surface area contributed by atoms with Gasteiger partial charge in [0.05, 0.1) is 24.6 Å². The Bertz CT molecular complexity index is 1300. The number of piperidine rings is 1. The molecule has 1 amide bonds. The molecule has 9 nitrogen and oxygen atoms in total. The lowest BCUT2D eigenvalue weighted by Crippen LogP contribution is -2.39. The third-order valence-electron chi connectivity index (χ3n) is 6.07. The molecule has 0 N–H and O–H groups in total. The summed E-state index contributed by atoms with van der Waals surface area (Å²) in [5.74, 6) is 1.84. The molecule has 4 heterocycles. The Morgan fingerprint density at radius 2 is 1.80 bits per heavy atom. The summed E-state index contributed by atoms with van der Waals surface area (Å²) in [6.45, 7) is 1.23. The lowest BCUT2D eigenvalue weighted by molar-refractivity contribution is 0.0704. The molecule has 1 atom stereocenters. The molecule has 1 fully saturated rings. The van der Waals surface area contributed by atoms with Gasteiger partial charge < -0.3 is 14.4 Å². The predicted octanol–water partition coefficient (Wildman–Crippen LogP) is 4.09. The predicted molar refractivity (Wildman–Crippen MR) is 129 cm³/mol. The summed E-state index contributed by atoms with van der Waals surface area (Å²) >= 11 is 0. The average molecular weight is 471 g/mol. The van der Waals surface area contributed by atoms with Crippen LogP contribution < -0.4 is 9.47 Å². The highest BCUT2D eigenvalue weighted by Gasteiger charge is 2.29. The number of carbonyl (C=O) groups is 1. The summed E-state index contributed by atoms with van der Waals surface area (Å²) in [7, 11) is 3.48. The minimum Gasteiger partial charge on any atom is -0.497 e. The van der Waals surface area contributed by atoms with Crippen molar-refractivity contribution < 1.29 is 14.3 Å². The Morgan fingerprint density at radius 1 is 1.00 bits per heavy atom. The summed E-state index contributed by atoms with van der Waals surface area (Å²) in [5.41, 5.74) is 3.01. The molecule has 0 radical (unpaired) electrons. The standard InChI is InChI=1S/C26H26N6O3/c1-31-16-20(15-30-31)23-10-5-18(14-29-23)26(33)32-13-3-4-19(17-32)24-25(28-12-11-27-24)35-22-8-6-21(34-2)7-9-22/h5-12,14-16,19H,3-4,13,17H2,1-2H3. The van der Waals surface area contributed by atoms with E-state index in [0.717, 1.165) is 35.5 Å². The molecule has 1 unspecified atom stereocenters. The number of ether oxygens (including phenoxy) is 2. The van der Waals surface area contributed by atoms with E-state index in [-0.39, 0.29) is 11.8 Å². The molecule has 178 valence electrons. The Balaban J connectivity index is 1.30. The quantitative estimate of drug-likeness (QED) is 0.419. The number of carbonyl (C=O) groups excluding carboxylic acids is 1. The number of aryl methyl sites for hydroxylation is 1. The summed E-state index contributed by atoms with van der Waals surface area (Å²) < 4.78 is 13.0. The van der Waals surface area contributed by atoms with Gasteiger partial charge in [-0.2, -0.15) is 5.10 Å². The van der Waals surface area contributed by atoms with E-state index in [4.69, 9.17) is 9.47 Å². The maximum atomic E-state index is 13.3. The van der Waals surface area contributed by atoms with Gasteiger partial charge in [-0.25, -0.2) is 4.98 Å². The summed E-state index contributed by atoms with van der Waals surface area (Å²) in [6.07, 6.45) is 10.3. The van der Waals surface area contributed by atoms with Crippen molar-refractivity contribution in [2.45, 2.75) is 18.8 Å². The van der Waals surface area contributed by atoms with Crippen molar-refractivity contribution in [3.8, 4) is 28.6 Å². The Hall–Kier alpha value is -4.27. The first-order chi connectivity index (χ1) is 17.1. The largest absolute Gasteiger partial charge is 0.497 e.